The molecular formula is C17H12ClNO2. The maximum atomic E-state index is 11.6. The number of carboxylic acid groups (broad SMARTS) is 1. The standard InChI is InChI=1S/C17H12ClNO2/c1-10-7-8-13-12(9-10)14(17(20)21)15(18)16(19-13)11-5-3-2-4-6-11/h2-9H,1H3,(H,20,21). The van der Waals surface area contributed by atoms with Crippen molar-refractivity contribution in [3.8, 4) is 11.3 Å². The monoisotopic (exact) mass is 297 g/mol. The van der Waals surface area contributed by atoms with Crippen LogP contribution in [-0.4, -0.2) is 16.1 Å². The van der Waals surface area contributed by atoms with Gasteiger partial charge >= 0.3 is 5.97 Å². The molecule has 0 aliphatic rings. The average Bonchev–Trinajstić information content (AvgIpc) is 2.47. The van der Waals surface area contributed by atoms with E-state index < -0.39 is 5.97 Å². The van der Waals surface area contributed by atoms with Crippen molar-refractivity contribution in [1.29, 1.82) is 0 Å². The van der Waals surface area contributed by atoms with Crippen LogP contribution in [0, 0.1) is 6.92 Å². The molecule has 0 saturated heterocycles. The molecule has 104 valence electrons. The second-order valence-electron chi connectivity index (χ2n) is 4.84. The average molecular weight is 298 g/mol. The van der Waals surface area contributed by atoms with Crippen LogP contribution in [0.3, 0.4) is 0 Å². The Kier molecular flexibility index (Phi) is 3.35. The molecule has 0 bridgehead atoms. The minimum Gasteiger partial charge on any atom is -0.478 e. The highest BCUT2D eigenvalue weighted by Crippen LogP contribution is 2.34. The highest BCUT2D eigenvalue weighted by atomic mass is 35.5. The number of halogens is 1. The third kappa shape index (κ3) is 2.36. The summed E-state index contributed by atoms with van der Waals surface area (Å²) in [4.78, 5) is 16.2. The number of aromatic nitrogens is 1. The zero-order valence-electron chi connectivity index (χ0n) is 11.3. The van der Waals surface area contributed by atoms with E-state index in [-0.39, 0.29) is 10.6 Å². The maximum Gasteiger partial charge on any atom is 0.337 e. The van der Waals surface area contributed by atoms with Crippen molar-refractivity contribution in [3.05, 3.63) is 64.7 Å². The zero-order valence-corrected chi connectivity index (χ0v) is 12.1. The summed E-state index contributed by atoms with van der Waals surface area (Å²) in [6.45, 7) is 1.91. The second-order valence-corrected chi connectivity index (χ2v) is 5.22. The Bertz CT molecular complexity index is 844. The van der Waals surface area contributed by atoms with E-state index >= 15 is 0 Å². The summed E-state index contributed by atoms with van der Waals surface area (Å²) >= 11 is 6.33. The third-order valence-corrected chi connectivity index (χ3v) is 3.71. The Morgan fingerprint density at radius 2 is 1.86 bits per heavy atom. The molecule has 4 heteroatoms. The number of hydrogen-bond donors (Lipinski definition) is 1. The van der Waals surface area contributed by atoms with Gasteiger partial charge in [0.15, 0.2) is 0 Å². The molecule has 0 spiro atoms. The van der Waals surface area contributed by atoms with Gasteiger partial charge < -0.3 is 5.11 Å². The third-order valence-electron chi connectivity index (χ3n) is 3.34. The molecule has 2 aromatic carbocycles. The Hall–Kier alpha value is -2.39. The minimum atomic E-state index is -1.05. The van der Waals surface area contributed by atoms with Crippen molar-refractivity contribution in [2.45, 2.75) is 6.92 Å². The number of aromatic carboxylic acids is 1. The first-order chi connectivity index (χ1) is 10.1. The Morgan fingerprint density at radius 3 is 2.52 bits per heavy atom. The van der Waals surface area contributed by atoms with Gasteiger partial charge in [-0.25, -0.2) is 9.78 Å². The van der Waals surface area contributed by atoms with E-state index in [1.165, 1.54) is 0 Å². The van der Waals surface area contributed by atoms with Crippen LogP contribution in [0.1, 0.15) is 15.9 Å². The number of carbonyl (C=O) groups is 1. The fourth-order valence-electron chi connectivity index (χ4n) is 2.35. The van der Waals surface area contributed by atoms with E-state index in [9.17, 15) is 9.90 Å². The van der Waals surface area contributed by atoms with Gasteiger partial charge in [-0.05, 0) is 19.1 Å². The molecule has 3 rings (SSSR count). The maximum absolute atomic E-state index is 11.6. The van der Waals surface area contributed by atoms with Crippen LogP contribution < -0.4 is 0 Å². The van der Waals surface area contributed by atoms with Crippen molar-refractivity contribution in [2.75, 3.05) is 0 Å². The lowest BCUT2D eigenvalue weighted by atomic mass is 10.0. The number of aryl methyl sites for hydroxylation is 1. The summed E-state index contributed by atoms with van der Waals surface area (Å²) in [5, 5.41) is 10.2. The highest BCUT2D eigenvalue weighted by Gasteiger charge is 2.19. The van der Waals surface area contributed by atoms with Crippen LogP contribution in [0.15, 0.2) is 48.5 Å². The van der Waals surface area contributed by atoms with Gasteiger partial charge in [0.1, 0.15) is 0 Å². The molecule has 1 heterocycles. The van der Waals surface area contributed by atoms with Gasteiger partial charge in [0, 0.05) is 10.9 Å². The number of rotatable bonds is 2. The largest absolute Gasteiger partial charge is 0.478 e. The topological polar surface area (TPSA) is 50.2 Å². The smallest absolute Gasteiger partial charge is 0.337 e. The summed E-state index contributed by atoms with van der Waals surface area (Å²) < 4.78 is 0. The van der Waals surface area contributed by atoms with Crippen LogP contribution >= 0.6 is 11.6 Å². The summed E-state index contributed by atoms with van der Waals surface area (Å²) in [5.74, 6) is -1.05. The molecular weight excluding hydrogens is 286 g/mol. The Labute approximate surface area is 126 Å². The van der Waals surface area contributed by atoms with Gasteiger partial charge in [-0.3, -0.25) is 0 Å². The Morgan fingerprint density at radius 1 is 1.14 bits per heavy atom. The number of carboxylic acids is 1. The summed E-state index contributed by atoms with van der Waals surface area (Å²) in [6.07, 6.45) is 0. The van der Waals surface area contributed by atoms with Crippen LogP contribution in [0.2, 0.25) is 5.02 Å². The van der Waals surface area contributed by atoms with Crippen molar-refractivity contribution >= 4 is 28.5 Å². The van der Waals surface area contributed by atoms with Crippen molar-refractivity contribution in [2.24, 2.45) is 0 Å². The molecule has 0 unspecified atom stereocenters. The molecule has 0 amide bonds. The zero-order chi connectivity index (χ0) is 15.0. The molecule has 0 fully saturated rings. The van der Waals surface area contributed by atoms with E-state index in [1.54, 1.807) is 6.07 Å². The molecule has 0 aliphatic heterocycles. The highest BCUT2D eigenvalue weighted by molar-refractivity contribution is 6.37. The van der Waals surface area contributed by atoms with Gasteiger partial charge in [0.2, 0.25) is 0 Å². The molecule has 0 saturated carbocycles. The molecule has 0 atom stereocenters. The van der Waals surface area contributed by atoms with Crippen LogP contribution in [0.5, 0.6) is 0 Å². The van der Waals surface area contributed by atoms with Gasteiger partial charge in [-0.1, -0.05) is 53.6 Å². The molecule has 0 radical (unpaired) electrons. The van der Waals surface area contributed by atoms with Crippen molar-refractivity contribution in [3.63, 3.8) is 0 Å². The first kappa shape index (κ1) is 13.6. The minimum absolute atomic E-state index is 0.101. The molecule has 1 N–H and O–H groups in total. The van der Waals surface area contributed by atoms with E-state index in [0.29, 0.717) is 16.6 Å². The molecule has 1 aromatic heterocycles. The van der Waals surface area contributed by atoms with E-state index in [0.717, 1.165) is 11.1 Å². The number of pyridine rings is 1. The predicted molar refractivity (Wildman–Crippen MR) is 83.9 cm³/mol. The summed E-state index contributed by atoms with van der Waals surface area (Å²) in [5.41, 5.74) is 2.99. The first-order valence-electron chi connectivity index (χ1n) is 6.46. The van der Waals surface area contributed by atoms with Crippen LogP contribution in [0.25, 0.3) is 22.2 Å². The number of hydrogen-bond acceptors (Lipinski definition) is 2. The first-order valence-corrected chi connectivity index (χ1v) is 6.84. The van der Waals surface area contributed by atoms with Crippen LogP contribution in [-0.2, 0) is 0 Å². The molecule has 3 aromatic rings. The van der Waals surface area contributed by atoms with Gasteiger partial charge in [-0.15, -0.1) is 0 Å². The number of fused-ring (bicyclic) bond motifs is 1. The molecule has 21 heavy (non-hydrogen) atoms. The lowest BCUT2D eigenvalue weighted by molar-refractivity contribution is 0.0699. The van der Waals surface area contributed by atoms with E-state index in [4.69, 9.17) is 11.6 Å². The lowest BCUT2D eigenvalue weighted by Gasteiger charge is -2.11. The fraction of sp³-hybridized carbons (Fsp3) is 0.0588. The second kappa shape index (κ2) is 5.19. The SMILES string of the molecule is Cc1ccc2nc(-c3ccccc3)c(Cl)c(C(=O)O)c2c1. The molecule has 3 nitrogen and oxygen atoms in total. The van der Waals surface area contributed by atoms with Gasteiger partial charge in [0.25, 0.3) is 0 Å². The van der Waals surface area contributed by atoms with Crippen LogP contribution in [0.4, 0.5) is 0 Å². The van der Waals surface area contributed by atoms with E-state index in [2.05, 4.69) is 4.98 Å². The van der Waals surface area contributed by atoms with Gasteiger partial charge in [-0.2, -0.15) is 0 Å². The van der Waals surface area contributed by atoms with Crippen molar-refractivity contribution in [1.82, 2.24) is 4.98 Å². The summed E-state index contributed by atoms with van der Waals surface area (Å²) in [7, 11) is 0. The van der Waals surface area contributed by atoms with E-state index in [1.807, 2.05) is 49.4 Å². The Balaban J connectivity index is 2.41. The fourth-order valence-corrected chi connectivity index (χ4v) is 2.68. The molecule has 0 aliphatic carbocycles. The predicted octanol–water partition coefficient (Wildman–Crippen LogP) is 4.56. The van der Waals surface area contributed by atoms with Crippen molar-refractivity contribution < 1.29 is 9.90 Å². The lowest BCUT2D eigenvalue weighted by Crippen LogP contribution is -2.02. The summed E-state index contributed by atoms with van der Waals surface area (Å²) in [6, 6.07) is 14.9. The normalized spacial score (nSPS) is 10.8. The number of nitrogens with zero attached hydrogens (tertiary/aromatic N) is 1. The van der Waals surface area contributed by atoms with Gasteiger partial charge in [0.05, 0.1) is 21.8 Å². The quantitative estimate of drug-likeness (QED) is 0.754. The number of benzene rings is 2.